The van der Waals surface area contributed by atoms with Gasteiger partial charge < -0.3 is 5.32 Å². The third-order valence-electron chi connectivity index (χ3n) is 2.95. The highest BCUT2D eigenvalue weighted by Gasteiger charge is 2.33. The van der Waals surface area contributed by atoms with Crippen LogP contribution < -0.4 is 5.32 Å². The molecule has 0 bridgehead atoms. The van der Waals surface area contributed by atoms with Gasteiger partial charge in [-0.3, -0.25) is 10.1 Å². The van der Waals surface area contributed by atoms with Crippen molar-refractivity contribution in [3.63, 3.8) is 0 Å². The lowest BCUT2D eigenvalue weighted by Gasteiger charge is -2.14. The molecule has 116 valence electrons. The molecule has 0 amide bonds. The van der Waals surface area contributed by atoms with Gasteiger partial charge in [-0.15, -0.1) is 0 Å². The van der Waals surface area contributed by atoms with Crippen LogP contribution in [0, 0.1) is 15.9 Å². The van der Waals surface area contributed by atoms with Crippen molar-refractivity contribution in [2.45, 2.75) is 12.7 Å². The summed E-state index contributed by atoms with van der Waals surface area (Å²) < 4.78 is 51.6. The van der Waals surface area contributed by atoms with Gasteiger partial charge in [0.25, 0.3) is 5.69 Å². The van der Waals surface area contributed by atoms with Crippen LogP contribution in [0.5, 0.6) is 0 Å². The highest BCUT2D eigenvalue weighted by Crippen LogP contribution is 2.33. The number of halogens is 4. The fourth-order valence-corrected chi connectivity index (χ4v) is 1.94. The Morgan fingerprint density at radius 3 is 2.45 bits per heavy atom. The molecule has 0 unspecified atom stereocenters. The van der Waals surface area contributed by atoms with Crippen molar-refractivity contribution in [1.82, 2.24) is 0 Å². The number of nitrogens with zero attached hydrogens (tertiary/aromatic N) is 1. The molecule has 0 saturated heterocycles. The second-order valence-corrected chi connectivity index (χ2v) is 4.43. The molecule has 2 aromatic rings. The standard InChI is InChI=1S/C14H10F4N2O2/c15-10-6-5-9(11(7-10)14(16,17)18)8-19-12-3-1-2-4-13(12)20(21)22/h1-7,19H,8H2. The summed E-state index contributed by atoms with van der Waals surface area (Å²) in [4.78, 5) is 10.2. The molecular formula is C14H10F4N2O2. The summed E-state index contributed by atoms with van der Waals surface area (Å²) in [6.07, 6.45) is -4.71. The van der Waals surface area contributed by atoms with E-state index in [1.165, 1.54) is 24.3 Å². The quantitative estimate of drug-likeness (QED) is 0.518. The minimum Gasteiger partial charge on any atom is -0.375 e. The molecule has 0 aliphatic heterocycles. The molecule has 0 saturated carbocycles. The van der Waals surface area contributed by atoms with Gasteiger partial charge in [0.2, 0.25) is 0 Å². The van der Waals surface area contributed by atoms with Crippen LogP contribution in [0.2, 0.25) is 0 Å². The van der Waals surface area contributed by atoms with Crippen LogP contribution in [-0.4, -0.2) is 4.92 Å². The minimum absolute atomic E-state index is 0.0879. The number of para-hydroxylation sites is 2. The van der Waals surface area contributed by atoms with Crippen LogP contribution in [0.25, 0.3) is 0 Å². The summed E-state index contributed by atoms with van der Waals surface area (Å²) in [6.45, 7) is -0.319. The summed E-state index contributed by atoms with van der Waals surface area (Å²) in [6, 6.07) is 7.89. The summed E-state index contributed by atoms with van der Waals surface area (Å²) in [5.74, 6) is -0.998. The van der Waals surface area contributed by atoms with Gasteiger partial charge >= 0.3 is 6.18 Å². The SMILES string of the molecule is O=[N+]([O-])c1ccccc1NCc1ccc(F)cc1C(F)(F)F. The third kappa shape index (κ3) is 3.51. The number of hydrogen-bond donors (Lipinski definition) is 1. The van der Waals surface area contributed by atoms with Crippen LogP contribution in [0.1, 0.15) is 11.1 Å². The third-order valence-corrected chi connectivity index (χ3v) is 2.95. The largest absolute Gasteiger partial charge is 0.416 e. The number of nitro benzene ring substituents is 1. The van der Waals surface area contributed by atoms with Crippen molar-refractivity contribution in [2.24, 2.45) is 0 Å². The van der Waals surface area contributed by atoms with Gasteiger partial charge in [0.15, 0.2) is 0 Å². The number of nitrogens with one attached hydrogen (secondary N) is 1. The average molecular weight is 314 g/mol. The highest BCUT2D eigenvalue weighted by molar-refractivity contribution is 5.61. The first-order valence-corrected chi connectivity index (χ1v) is 6.12. The molecule has 2 aromatic carbocycles. The first-order chi connectivity index (χ1) is 10.3. The molecule has 4 nitrogen and oxygen atoms in total. The van der Waals surface area contributed by atoms with Crippen molar-refractivity contribution in [1.29, 1.82) is 0 Å². The molecule has 0 heterocycles. The molecule has 1 N–H and O–H groups in total. The van der Waals surface area contributed by atoms with Crippen LogP contribution >= 0.6 is 0 Å². The van der Waals surface area contributed by atoms with Gasteiger partial charge in [-0.25, -0.2) is 4.39 Å². The maximum absolute atomic E-state index is 13.0. The van der Waals surface area contributed by atoms with Gasteiger partial charge in [0.05, 0.1) is 10.5 Å². The molecule has 0 aromatic heterocycles. The predicted molar refractivity (Wildman–Crippen MR) is 71.8 cm³/mol. The van der Waals surface area contributed by atoms with Crippen molar-refractivity contribution in [3.05, 3.63) is 69.5 Å². The van der Waals surface area contributed by atoms with Gasteiger partial charge in [-0.2, -0.15) is 13.2 Å². The minimum atomic E-state index is -4.71. The van der Waals surface area contributed by atoms with Crippen molar-refractivity contribution >= 4 is 11.4 Å². The molecular weight excluding hydrogens is 304 g/mol. The number of hydrogen-bond acceptors (Lipinski definition) is 3. The molecule has 0 aliphatic rings. The van der Waals surface area contributed by atoms with E-state index in [2.05, 4.69) is 5.32 Å². The maximum atomic E-state index is 13.0. The molecule has 0 atom stereocenters. The van der Waals surface area contributed by atoms with Gasteiger partial charge in [-0.05, 0) is 23.8 Å². The molecule has 0 radical (unpaired) electrons. The van der Waals surface area contributed by atoms with Gasteiger partial charge in [0.1, 0.15) is 11.5 Å². The number of benzene rings is 2. The Balaban J connectivity index is 2.28. The Bertz CT molecular complexity index is 701. The van der Waals surface area contributed by atoms with E-state index in [4.69, 9.17) is 0 Å². The van der Waals surface area contributed by atoms with E-state index < -0.39 is 22.5 Å². The van der Waals surface area contributed by atoms with Gasteiger partial charge in [0, 0.05) is 12.6 Å². The smallest absolute Gasteiger partial charge is 0.375 e. The topological polar surface area (TPSA) is 55.2 Å². The number of alkyl halides is 3. The number of nitro groups is 1. The highest BCUT2D eigenvalue weighted by atomic mass is 19.4. The van der Waals surface area contributed by atoms with E-state index in [0.717, 1.165) is 12.1 Å². The summed E-state index contributed by atoms with van der Waals surface area (Å²) in [5, 5.41) is 13.4. The Kier molecular flexibility index (Phi) is 4.30. The lowest BCUT2D eigenvalue weighted by atomic mass is 10.1. The zero-order valence-corrected chi connectivity index (χ0v) is 11.0. The molecule has 0 fully saturated rings. The molecule has 22 heavy (non-hydrogen) atoms. The lowest BCUT2D eigenvalue weighted by Crippen LogP contribution is -2.12. The lowest BCUT2D eigenvalue weighted by molar-refractivity contribution is -0.384. The normalized spacial score (nSPS) is 11.3. The molecule has 2 rings (SSSR count). The van der Waals surface area contributed by atoms with Crippen molar-refractivity contribution < 1.29 is 22.5 Å². The zero-order valence-electron chi connectivity index (χ0n) is 11.0. The fourth-order valence-electron chi connectivity index (χ4n) is 1.94. The van der Waals surface area contributed by atoms with Crippen LogP contribution in [-0.2, 0) is 12.7 Å². The maximum Gasteiger partial charge on any atom is 0.416 e. The van der Waals surface area contributed by atoms with E-state index in [1.807, 2.05) is 0 Å². The number of anilines is 1. The number of rotatable bonds is 4. The van der Waals surface area contributed by atoms with E-state index in [0.29, 0.717) is 6.07 Å². The molecule has 0 spiro atoms. The second kappa shape index (κ2) is 6.00. The van der Waals surface area contributed by atoms with E-state index >= 15 is 0 Å². The van der Waals surface area contributed by atoms with Gasteiger partial charge in [-0.1, -0.05) is 18.2 Å². The summed E-state index contributed by atoms with van der Waals surface area (Å²) in [7, 11) is 0. The Morgan fingerprint density at radius 2 is 1.82 bits per heavy atom. The Hall–Kier alpha value is -2.64. The summed E-state index contributed by atoms with van der Waals surface area (Å²) >= 11 is 0. The fraction of sp³-hybridized carbons (Fsp3) is 0.143. The first-order valence-electron chi connectivity index (χ1n) is 6.12. The van der Waals surface area contributed by atoms with Crippen molar-refractivity contribution in [2.75, 3.05) is 5.32 Å². The summed E-state index contributed by atoms with van der Waals surface area (Å²) in [5.41, 5.74) is -1.48. The molecule has 8 heteroatoms. The van der Waals surface area contributed by atoms with Crippen LogP contribution in [0.3, 0.4) is 0 Å². The second-order valence-electron chi connectivity index (χ2n) is 4.43. The van der Waals surface area contributed by atoms with E-state index in [9.17, 15) is 27.7 Å². The van der Waals surface area contributed by atoms with E-state index in [1.54, 1.807) is 0 Å². The van der Waals surface area contributed by atoms with Crippen LogP contribution in [0.4, 0.5) is 28.9 Å². The van der Waals surface area contributed by atoms with Crippen LogP contribution in [0.15, 0.2) is 42.5 Å². The predicted octanol–water partition coefficient (Wildman–Crippen LogP) is 4.36. The Labute approximate surface area is 122 Å². The van der Waals surface area contributed by atoms with Crippen molar-refractivity contribution in [3.8, 4) is 0 Å². The first kappa shape index (κ1) is 15.7. The monoisotopic (exact) mass is 314 g/mol. The molecule has 0 aliphatic carbocycles. The Morgan fingerprint density at radius 1 is 1.14 bits per heavy atom. The average Bonchev–Trinajstić information content (AvgIpc) is 2.45. The zero-order chi connectivity index (χ0) is 16.3. The van der Waals surface area contributed by atoms with E-state index in [-0.39, 0.29) is 23.5 Å².